The van der Waals surface area contributed by atoms with Crippen LogP contribution < -0.4 is 9.47 Å². The molecule has 0 aliphatic carbocycles. The molecule has 0 spiro atoms. The van der Waals surface area contributed by atoms with Crippen molar-refractivity contribution < 1.29 is 120 Å². The van der Waals surface area contributed by atoms with Gasteiger partial charge in [0, 0.05) is 60.1 Å². The van der Waals surface area contributed by atoms with Gasteiger partial charge >= 0.3 is 18.0 Å². The maximum absolute atomic E-state index is 14.2. The van der Waals surface area contributed by atoms with E-state index in [1.54, 1.807) is 17.3 Å². The van der Waals surface area contributed by atoms with Crippen LogP contribution in [-0.2, 0) is 42.7 Å². The summed E-state index contributed by atoms with van der Waals surface area (Å²) in [5.41, 5.74) is -0.716. The molecule has 18 unspecified atom stereocenters. The molecule has 5 saturated heterocycles. The molecular weight excluding hydrogens is 1490 g/mol. The molecule has 1 amide bonds. The van der Waals surface area contributed by atoms with Gasteiger partial charge in [0.05, 0.1) is 122 Å². The zero-order valence-corrected chi connectivity index (χ0v) is 58.4. The molecule has 2 aromatic carbocycles. The number of carbonyl (C=O) groups is 2. The van der Waals surface area contributed by atoms with Crippen LogP contribution in [0.2, 0.25) is 0 Å². The molecule has 0 saturated carbocycles. The molecular formula is C64H76F7N17O18S2. The molecule has 8 aromatic rings. The van der Waals surface area contributed by atoms with Crippen molar-refractivity contribution in [2.75, 3.05) is 87.3 Å². The number of nitrogens with zero attached hydrogens (tertiary/aromatic N) is 17. The van der Waals surface area contributed by atoms with E-state index < -0.39 is 169 Å². The minimum atomic E-state index is -1.67. The Morgan fingerprint density at radius 3 is 1.26 bits per heavy atom. The number of ether oxygens (including phenoxy) is 9. The standard InChI is InChI=1S/C34H40F3N9O9S.C28H29F3N8O9S.CH3F.CH4/c1-16-8-44(9-17(2)54-16)27(48)15-53-32-29(46-11-22(40-43-46)18-4-20(35)28(37)21(36)5-18)31(50)25(12-47)55-33(32)56-26-14-52-13-24(30(26)49)45-10-23(41-42-45)19-6-38-34(51-3)39-7-19;1-45-28-32-4-13(5-33-28)17-6-38(36-35-17)18-9-46-10-20(24(18)43)49-27-26(47-11-21(41)42)23(25(44)19(8-40)48-27)39-7-16(34-37-39)12-2-14(29)22(31)15(30)3-12;1-2;/h4-7,10-11,16-17,24-26,29-33,47,49-50H,8-9,12-15H2,1-3H3;2-7,18-20,23-27,40,43-44H,8-11H2,1H3,(H,41,42);1H3;1H4/i;;1D;. The van der Waals surface area contributed by atoms with Gasteiger partial charge in [0.25, 0.3) is 0 Å². The van der Waals surface area contributed by atoms with Crippen LogP contribution in [0.1, 0.15) is 46.8 Å². The van der Waals surface area contributed by atoms with Crippen molar-refractivity contribution in [3.8, 4) is 57.1 Å². The lowest BCUT2D eigenvalue weighted by Gasteiger charge is -2.46. The molecule has 18 atom stereocenters. The van der Waals surface area contributed by atoms with Gasteiger partial charge in [-0.15, -0.1) is 43.9 Å². The number of benzene rings is 2. The highest BCUT2D eigenvalue weighted by molar-refractivity contribution is 8.00. The van der Waals surface area contributed by atoms with E-state index in [0.29, 0.717) is 47.7 Å². The number of aromatic nitrogens is 16. The fourth-order valence-corrected chi connectivity index (χ4v) is 15.3. The van der Waals surface area contributed by atoms with E-state index in [1.165, 1.54) is 65.4 Å². The number of methoxy groups -OCH3 is 2. The van der Waals surface area contributed by atoms with E-state index in [0.717, 1.165) is 40.3 Å². The number of carboxylic acid groups (broad SMARTS) is 1. The van der Waals surface area contributed by atoms with Crippen LogP contribution in [0.5, 0.6) is 12.0 Å². The number of thioether (sulfide) groups is 2. The Morgan fingerprint density at radius 1 is 0.546 bits per heavy atom. The number of halogens is 7. The van der Waals surface area contributed by atoms with Gasteiger partial charge < -0.3 is 83.3 Å². The quantitative estimate of drug-likeness (QED) is 0.0378. The zero-order valence-electron chi connectivity index (χ0n) is 57.8. The second-order valence-electron chi connectivity index (χ2n) is 24.7. The fourth-order valence-electron chi connectivity index (χ4n) is 12.4. The van der Waals surface area contributed by atoms with Crippen LogP contribution in [0.4, 0.5) is 30.7 Å². The Hall–Kier alpha value is -8.61. The van der Waals surface area contributed by atoms with Crippen LogP contribution >= 0.6 is 23.5 Å². The first-order valence-electron chi connectivity index (χ1n) is 33.3. The number of morpholine rings is 1. The number of hydrogen-bond donors (Lipinski definition) is 7. The lowest BCUT2D eigenvalue weighted by atomic mass is 9.97. The molecule has 5 aliphatic heterocycles. The molecule has 5 fully saturated rings. The van der Waals surface area contributed by atoms with Gasteiger partial charge in [-0.1, -0.05) is 28.3 Å². The van der Waals surface area contributed by atoms with Gasteiger partial charge in [0.15, 0.2) is 34.9 Å². The van der Waals surface area contributed by atoms with Crippen molar-refractivity contribution in [1.29, 1.82) is 0 Å². The highest BCUT2D eigenvalue weighted by Crippen LogP contribution is 2.44. The Bertz CT molecular complexity index is 4260. The molecule has 586 valence electrons. The average Bonchev–Trinajstić information content (AvgIpc) is 1.64. The summed E-state index contributed by atoms with van der Waals surface area (Å²) in [6.07, 6.45) is 1.05. The van der Waals surface area contributed by atoms with E-state index >= 15 is 0 Å². The van der Waals surface area contributed by atoms with Crippen molar-refractivity contribution in [3.63, 3.8) is 0 Å². The van der Waals surface area contributed by atoms with E-state index in [1.807, 2.05) is 13.8 Å². The fraction of sp³-hybridized carbons (Fsp3) is 0.531. The van der Waals surface area contributed by atoms with Gasteiger partial charge in [0.1, 0.15) is 108 Å². The summed E-state index contributed by atoms with van der Waals surface area (Å²) in [5, 5.41) is 107. The average molecular weight is 1570 g/mol. The Kier molecular flexibility index (Phi) is 27.3. The molecule has 7 N–H and O–H groups in total. The monoisotopic (exact) mass is 1570 g/mol. The van der Waals surface area contributed by atoms with Gasteiger partial charge in [-0.2, -0.15) is 0 Å². The topological polar surface area (TPSA) is 436 Å². The summed E-state index contributed by atoms with van der Waals surface area (Å²) in [4.78, 5) is 43.0. The summed E-state index contributed by atoms with van der Waals surface area (Å²) in [5.74, 6) is -10.8. The number of carboxylic acids is 1. The zero-order chi connectivity index (χ0) is 77.2. The van der Waals surface area contributed by atoms with Crippen molar-refractivity contribution >= 4 is 35.4 Å². The number of alkyl halides is 1. The molecule has 108 heavy (non-hydrogen) atoms. The summed E-state index contributed by atoms with van der Waals surface area (Å²) >= 11 is 2.10. The van der Waals surface area contributed by atoms with Crippen LogP contribution in [0.3, 0.4) is 0 Å². The SMILES string of the molecule is C.COc1ncc(-c2cn(C3COCC(SC4OC(CO)C(O)C(n5cc(-c6cc(F)c(F)c(F)c6)nn5)C4OCC(=O)N4CC(C)OC(C)C4)C3O)nn2)cn1.COc1ncc(-c2cn(C3COCC(SC4OC(CO)C(O)C(n5cc(-c6cc(F)c(F)c(F)c6)nn5)C4OCC(=O)O)C3O)nn2)cn1.[2H]CF. The number of hydrogen-bond acceptors (Lipinski definition) is 31. The number of carbonyl (C=O) groups excluding carboxylic acids is 1. The van der Waals surface area contributed by atoms with Crippen LogP contribution in [-0.4, -0.2) is 302 Å². The molecule has 44 heteroatoms. The van der Waals surface area contributed by atoms with E-state index in [-0.39, 0.29) is 86.5 Å². The van der Waals surface area contributed by atoms with Crippen LogP contribution in [0, 0.1) is 34.9 Å². The molecule has 6 aromatic heterocycles. The van der Waals surface area contributed by atoms with E-state index in [4.69, 9.17) is 44.0 Å². The van der Waals surface area contributed by atoms with Gasteiger partial charge in [-0.05, 0) is 38.1 Å². The molecule has 0 bridgehead atoms. The molecule has 0 radical (unpaired) electrons. The smallest absolute Gasteiger partial charge is 0.329 e. The van der Waals surface area contributed by atoms with Crippen molar-refractivity contribution in [1.82, 2.24) is 84.8 Å². The Balaban J connectivity index is 0.000000224. The van der Waals surface area contributed by atoms with Crippen molar-refractivity contribution in [2.45, 2.75) is 128 Å². The summed E-state index contributed by atoms with van der Waals surface area (Å²) < 4.78 is 156. The highest BCUT2D eigenvalue weighted by atomic mass is 32.2. The number of aliphatic hydroxyl groups excluding tert-OH is 6. The maximum Gasteiger partial charge on any atom is 0.329 e. The summed E-state index contributed by atoms with van der Waals surface area (Å²) in [6, 6.07) is -0.613. The third kappa shape index (κ3) is 18.5. The van der Waals surface area contributed by atoms with Gasteiger partial charge in [-0.3, -0.25) is 9.18 Å². The van der Waals surface area contributed by atoms with E-state index in [9.17, 15) is 76.1 Å². The third-order valence-corrected chi connectivity index (χ3v) is 20.5. The first-order chi connectivity index (χ1) is 51.9. The number of rotatable bonds is 22. The Labute approximate surface area is 618 Å². The number of amides is 1. The minimum Gasteiger partial charge on any atom is -0.480 e. The third-order valence-electron chi connectivity index (χ3n) is 17.6. The largest absolute Gasteiger partial charge is 0.480 e. The highest BCUT2D eigenvalue weighted by Gasteiger charge is 2.52. The van der Waals surface area contributed by atoms with Crippen molar-refractivity contribution in [3.05, 3.63) is 109 Å². The molecule has 11 heterocycles. The van der Waals surface area contributed by atoms with Crippen molar-refractivity contribution in [2.24, 2.45) is 0 Å². The molecule has 13 rings (SSSR count). The number of aliphatic carboxylic acids is 1. The first-order valence-corrected chi connectivity index (χ1v) is 34.5. The second-order valence-corrected chi connectivity index (χ2v) is 27.4. The summed E-state index contributed by atoms with van der Waals surface area (Å²) in [7, 11) is 1.88. The predicted molar refractivity (Wildman–Crippen MR) is 359 cm³/mol. The van der Waals surface area contributed by atoms with Crippen LogP contribution in [0.25, 0.3) is 45.0 Å². The second kappa shape index (κ2) is 36.7. The maximum atomic E-state index is 14.2. The van der Waals surface area contributed by atoms with E-state index in [2.05, 4.69) is 61.2 Å². The van der Waals surface area contributed by atoms with Crippen LogP contribution in [0.15, 0.2) is 73.8 Å². The minimum absolute atomic E-state index is 0. The first kappa shape index (κ1) is 80.4. The number of aliphatic hydroxyl groups is 6. The van der Waals surface area contributed by atoms with Gasteiger partial charge in [0.2, 0.25) is 5.91 Å². The molecule has 35 nitrogen and oxygen atoms in total. The van der Waals surface area contributed by atoms with Gasteiger partial charge in [-0.25, -0.2) is 69.8 Å². The normalized spacial score (nSPS) is 27.9. The molecule has 5 aliphatic rings. The lowest BCUT2D eigenvalue weighted by Crippen LogP contribution is -2.58. The summed E-state index contributed by atoms with van der Waals surface area (Å²) in [6.45, 7) is 1.94. The Morgan fingerprint density at radius 2 is 0.898 bits per heavy atom. The predicted octanol–water partition coefficient (Wildman–Crippen LogP) is 2.26. The lowest BCUT2D eigenvalue weighted by molar-refractivity contribution is -0.197.